The van der Waals surface area contributed by atoms with Gasteiger partial charge in [0.2, 0.25) is 0 Å². The van der Waals surface area contributed by atoms with Crippen LogP contribution in [0.3, 0.4) is 0 Å². The van der Waals surface area contributed by atoms with Crippen molar-refractivity contribution in [1.29, 1.82) is 0 Å². The molecule has 1 atom stereocenters. The lowest BCUT2D eigenvalue weighted by molar-refractivity contribution is 0.0868. The fourth-order valence-corrected chi connectivity index (χ4v) is 1.55. The summed E-state index contributed by atoms with van der Waals surface area (Å²) in [6.45, 7) is 6.11. The summed E-state index contributed by atoms with van der Waals surface area (Å²) in [7, 11) is 0. The molecule has 0 bridgehead atoms. The van der Waals surface area contributed by atoms with Gasteiger partial charge < -0.3 is 5.11 Å². The highest BCUT2D eigenvalue weighted by molar-refractivity contribution is 14.1. The van der Waals surface area contributed by atoms with Crippen molar-refractivity contribution < 1.29 is 5.11 Å². The van der Waals surface area contributed by atoms with Gasteiger partial charge in [-0.05, 0) is 5.41 Å². The third-order valence-corrected chi connectivity index (χ3v) is 1.98. The monoisotopic (exact) mass is 228 g/mol. The molecule has 1 nitrogen and oxygen atoms in total. The minimum Gasteiger partial charge on any atom is -0.392 e. The van der Waals surface area contributed by atoms with E-state index in [9.17, 15) is 5.11 Å². The molecule has 0 saturated heterocycles. The summed E-state index contributed by atoms with van der Waals surface area (Å²) in [5, 5.41) is 9.19. The largest absolute Gasteiger partial charge is 0.392 e. The number of halogens is 1. The molecule has 1 unspecified atom stereocenters. The topological polar surface area (TPSA) is 20.2 Å². The summed E-state index contributed by atoms with van der Waals surface area (Å²) in [5.74, 6) is 0. The zero-order valence-electron chi connectivity index (χ0n) is 5.61. The molecular weight excluding hydrogens is 215 g/mol. The van der Waals surface area contributed by atoms with Gasteiger partial charge in [-0.15, -0.1) is 0 Å². The van der Waals surface area contributed by atoms with E-state index in [1.54, 1.807) is 0 Å². The lowest BCUT2D eigenvalue weighted by atomic mass is 9.91. The first-order valence-corrected chi connectivity index (χ1v) is 4.25. The first kappa shape index (κ1) is 8.69. The van der Waals surface area contributed by atoms with Crippen LogP contribution >= 0.6 is 22.6 Å². The second-order valence-electron chi connectivity index (χ2n) is 3.04. The molecule has 0 rings (SSSR count). The highest BCUT2D eigenvalue weighted by Gasteiger charge is 2.19. The van der Waals surface area contributed by atoms with E-state index >= 15 is 0 Å². The van der Waals surface area contributed by atoms with E-state index in [1.165, 1.54) is 0 Å². The molecule has 1 N–H and O–H groups in total. The summed E-state index contributed by atoms with van der Waals surface area (Å²) in [4.78, 5) is 0. The minimum atomic E-state index is -0.164. The van der Waals surface area contributed by atoms with Crippen molar-refractivity contribution in [2.75, 3.05) is 4.43 Å². The van der Waals surface area contributed by atoms with Gasteiger partial charge in [-0.3, -0.25) is 0 Å². The molecule has 0 aromatic rings. The van der Waals surface area contributed by atoms with E-state index in [1.807, 2.05) is 20.8 Å². The second kappa shape index (κ2) is 3.01. The summed E-state index contributed by atoms with van der Waals surface area (Å²) in [5.41, 5.74) is 0.0567. The first-order valence-electron chi connectivity index (χ1n) is 2.72. The van der Waals surface area contributed by atoms with Crippen LogP contribution in [0.1, 0.15) is 20.8 Å². The van der Waals surface area contributed by atoms with Crippen LogP contribution in [0.2, 0.25) is 0 Å². The molecule has 50 valence electrons. The third-order valence-electron chi connectivity index (χ3n) is 1.15. The molecule has 0 aromatic carbocycles. The van der Waals surface area contributed by atoms with Gasteiger partial charge in [-0.2, -0.15) is 0 Å². The Morgan fingerprint density at radius 1 is 1.50 bits per heavy atom. The smallest absolute Gasteiger partial charge is 0.0677 e. The van der Waals surface area contributed by atoms with Crippen LogP contribution in [-0.4, -0.2) is 15.6 Å². The van der Waals surface area contributed by atoms with Crippen LogP contribution in [0.15, 0.2) is 0 Å². The van der Waals surface area contributed by atoms with Gasteiger partial charge in [0, 0.05) is 4.43 Å². The fourth-order valence-electron chi connectivity index (χ4n) is 0.231. The Balaban J connectivity index is 3.62. The predicted molar refractivity (Wildman–Crippen MR) is 44.3 cm³/mol. The minimum absolute atomic E-state index is 0.0567. The molecular formula is C6H13IO. The number of aliphatic hydroxyl groups excluding tert-OH is 1. The molecule has 8 heavy (non-hydrogen) atoms. The third kappa shape index (κ3) is 2.87. The van der Waals surface area contributed by atoms with Gasteiger partial charge in [0.25, 0.3) is 0 Å². The van der Waals surface area contributed by atoms with Crippen molar-refractivity contribution >= 4 is 22.6 Å². The Hall–Kier alpha value is 0.690. The Labute approximate surface area is 64.6 Å². The molecule has 0 heterocycles. The zero-order valence-corrected chi connectivity index (χ0v) is 7.77. The van der Waals surface area contributed by atoms with Gasteiger partial charge in [0.15, 0.2) is 0 Å². The second-order valence-corrected chi connectivity index (χ2v) is 3.92. The van der Waals surface area contributed by atoms with Gasteiger partial charge >= 0.3 is 0 Å². The molecule has 0 aromatic heterocycles. The van der Waals surface area contributed by atoms with Crippen molar-refractivity contribution in [3.05, 3.63) is 0 Å². The maximum Gasteiger partial charge on any atom is 0.0677 e. The summed E-state index contributed by atoms with van der Waals surface area (Å²) in [6.07, 6.45) is -0.164. The van der Waals surface area contributed by atoms with E-state index in [-0.39, 0.29) is 11.5 Å². The number of rotatable bonds is 1. The van der Waals surface area contributed by atoms with Crippen LogP contribution in [0.25, 0.3) is 0 Å². The zero-order chi connectivity index (χ0) is 6.78. The van der Waals surface area contributed by atoms with Crippen molar-refractivity contribution in [3.8, 4) is 0 Å². The van der Waals surface area contributed by atoms with E-state index in [0.717, 1.165) is 4.43 Å². The van der Waals surface area contributed by atoms with Gasteiger partial charge in [-0.1, -0.05) is 43.4 Å². The van der Waals surface area contributed by atoms with E-state index in [2.05, 4.69) is 22.6 Å². The maximum absolute atomic E-state index is 9.19. The molecule has 0 saturated carbocycles. The van der Waals surface area contributed by atoms with Crippen LogP contribution < -0.4 is 0 Å². The summed E-state index contributed by atoms with van der Waals surface area (Å²) < 4.78 is 0.821. The molecule has 0 amide bonds. The summed E-state index contributed by atoms with van der Waals surface area (Å²) in [6, 6.07) is 0. The number of aliphatic hydroxyl groups is 1. The molecule has 0 radical (unpaired) electrons. The highest BCUT2D eigenvalue weighted by atomic mass is 127. The van der Waals surface area contributed by atoms with E-state index in [0.29, 0.717) is 0 Å². The van der Waals surface area contributed by atoms with Crippen molar-refractivity contribution in [1.82, 2.24) is 0 Å². The van der Waals surface area contributed by atoms with Gasteiger partial charge in [0.05, 0.1) is 6.10 Å². The summed E-state index contributed by atoms with van der Waals surface area (Å²) >= 11 is 2.19. The maximum atomic E-state index is 9.19. The SMILES string of the molecule is CC(C)(C)C(O)CI. The van der Waals surface area contributed by atoms with Gasteiger partial charge in [0.1, 0.15) is 0 Å². The van der Waals surface area contributed by atoms with Crippen LogP contribution in [0.4, 0.5) is 0 Å². The Bertz CT molecular complexity index is 65.4. The average Bonchev–Trinajstić information content (AvgIpc) is 1.62. The van der Waals surface area contributed by atoms with Crippen LogP contribution in [0, 0.1) is 5.41 Å². The molecule has 0 spiro atoms. The number of hydrogen-bond acceptors (Lipinski definition) is 1. The predicted octanol–water partition coefficient (Wildman–Crippen LogP) is 1.83. The van der Waals surface area contributed by atoms with E-state index < -0.39 is 0 Å². The van der Waals surface area contributed by atoms with Gasteiger partial charge in [-0.25, -0.2) is 0 Å². The molecule has 0 aliphatic carbocycles. The standard InChI is InChI=1S/C6H13IO/c1-6(2,3)5(8)4-7/h5,8H,4H2,1-3H3. The normalized spacial score (nSPS) is 16.1. The van der Waals surface area contributed by atoms with Crippen molar-refractivity contribution in [2.24, 2.45) is 5.41 Å². The van der Waals surface area contributed by atoms with Crippen molar-refractivity contribution in [3.63, 3.8) is 0 Å². The number of alkyl halides is 1. The Morgan fingerprint density at radius 3 is 1.88 bits per heavy atom. The Kier molecular flexibility index (Phi) is 3.27. The quantitative estimate of drug-likeness (QED) is 0.536. The lowest BCUT2D eigenvalue weighted by Crippen LogP contribution is -2.26. The molecule has 0 aliphatic rings. The molecule has 0 aliphatic heterocycles. The fraction of sp³-hybridized carbons (Fsp3) is 1.00. The van der Waals surface area contributed by atoms with E-state index in [4.69, 9.17) is 0 Å². The molecule has 2 heteroatoms. The Morgan fingerprint density at radius 2 is 1.88 bits per heavy atom. The van der Waals surface area contributed by atoms with Crippen LogP contribution in [-0.2, 0) is 0 Å². The molecule has 0 fully saturated rings. The first-order chi connectivity index (χ1) is 3.48. The van der Waals surface area contributed by atoms with Crippen molar-refractivity contribution in [2.45, 2.75) is 26.9 Å². The number of hydrogen-bond donors (Lipinski definition) is 1. The highest BCUT2D eigenvalue weighted by Crippen LogP contribution is 2.19. The lowest BCUT2D eigenvalue weighted by Gasteiger charge is -2.23. The average molecular weight is 228 g/mol. The van der Waals surface area contributed by atoms with Crippen LogP contribution in [0.5, 0.6) is 0 Å².